The molecule has 140 valence electrons. The minimum absolute atomic E-state index is 0.00268. The molecule has 0 spiro atoms. The van der Waals surface area contributed by atoms with Gasteiger partial charge < -0.3 is 14.6 Å². The van der Waals surface area contributed by atoms with Gasteiger partial charge >= 0.3 is 0 Å². The molecule has 2 aromatic rings. The maximum atomic E-state index is 12.4. The lowest BCUT2D eigenvalue weighted by Crippen LogP contribution is -2.37. The number of ether oxygens (including phenoxy) is 1. The lowest BCUT2D eigenvalue weighted by atomic mass is 10.0. The van der Waals surface area contributed by atoms with Crippen LogP contribution in [0, 0.1) is 13.8 Å². The molecule has 6 heteroatoms. The maximum absolute atomic E-state index is 12.4. The Bertz CT molecular complexity index is 714. The molecule has 1 fully saturated rings. The van der Waals surface area contributed by atoms with Crippen LogP contribution >= 0.6 is 0 Å². The highest BCUT2D eigenvalue weighted by molar-refractivity contribution is 5.79. The summed E-state index contributed by atoms with van der Waals surface area (Å²) in [4.78, 5) is 14.9. The van der Waals surface area contributed by atoms with E-state index in [2.05, 4.69) is 27.5 Å². The summed E-state index contributed by atoms with van der Waals surface area (Å²) in [5.41, 5.74) is 2.86. The van der Waals surface area contributed by atoms with Crippen LogP contribution in [0.25, 0.3) is 0 Å². The Kier molecular flexibility index (Phi) is 5.93. The number of nitrogens with zero attached hydrogens (tertiary/aromatic N) is 2. The van der Waals surface area contributed by atoms with Crippen LogP contribution in [0.15, 0.2) is 28.8 Å². The Morgan fingerprint density at radius 3 is 2.54 bits per heavy atom. The summed E-state index contributed by atoms with van der Waals surface area (Å²) >= 11 is 0. The van der Waals surface area contributed by atoms with Crippen LogP contribution in [-0.4, -0.2) is 42.7 Å². The number of hydrogen-bond donors (Lipinski definition) is 1. The van der Waals surface area contributed by atoms with Crippen molar-refractivity contribution >= 4 is 5.91 Å². The van der Waals surface area contributed by atoms with Crippen LogP contribution in [0.1, 0.15) is 41.5 Å². The average Bonchev–Trinajstić information content (AvgIpc) is 3.28. The molecule has 1 aliphatic heterocycles. The third-order valence-electron chi connectivity index (χ3n) is 5.09. The molecule has 1 N–H and O–H groups in total. The number of likely N-dealkylation sites (tertiary alicyclic amines) is 1. The fraction of sp³-hybridized carbons (Fsp3) is 0.500. The van der Waals surface area contributed by atoms with E-state index in [1.807, 2.05) is 26.0 Å². The third kappa shape index (κ3) is 4.25. The van der Waals surface area contributed by atoms with Gasteiger partial charge in [-0.25, -0.2) is 0 Å². The Morgan fingerprint density at radius 2 is 1.96 bits per heavy atom. The van der Waals surface area contributed by atoms with Crippen molar-refractivity contribution in [2.24, 2.45) is 0 Å². The molecule has 26 heavy (non-hydrogen) atoms. The highest BCUT2D eigenvalue weighted by Gasteiger charge is 2.24. The first kappa shape index (κ1) is 18.5. The van der Waals surface area contributed by atoms with Crippen LogP contribution in [0.3, 0.4) is 0 Å². The second kappa shape index (κ2) is 8.36. The van der Waals surface area contributed by atoms with Crippen LogP contribution in [0.5, 0.6) is 5.75 Å². The normalized spacial score (nSPS) is 15.8. The molecule has 2 heterocycles. The van der Waals surface area contributed by atoms with Crippen LogP contribution in [-0.2, 0) is 11.2 Å². The fourth-order valence-electron chi connectivity index (χ4n) is 3.52. The van der Waals surface area contributed by atoms with E-state index in [1.165, 1.54) is 18.4 Å². The van der Waals surface area contributed by atoms with Crippen molar-refractivity contribution in [3.05, 3.63) is 46.8 Å². The molecule has 1 aromatic carbocycles. The number of carbonyl (C=O) groups excluding carboxylic acids is 1. The molecule has 0 aliphatic carbocycles. The van der Waals surface area contributed by atoms with E-state index in [9.17, 15) is 4.79 Å². The Hall–Kier alpha value is -2.34. The molecule has 1 aromatic heterocycles. The highest BCUT2D eigenvalue weighted by atomic mass is 16.5. The standard InChI is InChI=1S/C20H27N3O3/c1-14-18(15(2)26-22-14)12-20(24)21-13-19(23-10-4-5-11-23)16-6-8-17(25-3)9-7-16/h6-9,19H,4-5,10-13H2,1-3H3,(H,21,24). The van der Waals surface area contributed by atoms with Crippen LogP contribution in [0.2, 0.25) is 0 Å². The Balaban J connectivity index is 1.66. The zero-order valence-corrected chi connectivity index (χ0v) is 15.7. The van der Waals surface area contributed by atoms with Gasteiger partial charge in [-0.15, -0.1) is 0 Å². The van der Waals surface area contributed by atoms with Crippen molar-refractivity contribution in [1.82, 2.24) is 15.4 Å². The van der Waals surface area contributed by atoms with Gasteiger partial charge in [0.15, 0.2) is 0 Å². The molecule has 1 atom stereocenters. The summed E-state index contributed by atoms with van der Waals surface area (Å²) in [5.74, 6) is 1.55. The lowest BCUT2D eigenvalue weighted by molar-refractivity contribution is -0.120. The molecule has 3 rings (SSSR count). The van der Waals surface area contributed by atoms with Gasteiger partial charge in [0.25, 0.3) is 0 Å². The van der Waals surface area contributed by atoms with Crippen molar-refractivity contribution in [1.29, 1.82) is 0 Å². The summed E-state index contributed by atoms with van der Waals surface area (Å²) in [6, 6.07) is 8.30. The molecular formula is C20H27N3O3. The third-order valence-corrected chi connectivity index (χ3v) is 5.09. The summed E-state index contributed by atoms with van der Waals surface area (Å²) in [6.07, 6.45) is 2.72. The largest absolute Gasteiger partial charge is 0.497 e. The number of amides is 1. The van der Waals surface area contributed by atoms with Crippen molar-refractivity contribution in [2.75, 3.05) is 26.7 Å². The molecule has 0 saturated carbocycles. The van der Waals surface area contributed by atoms with E-state index in [0.717, 1.165) is 30.1 Å². The topological polar surface area (TPSA) is 67.6 Å². The monoisotopic (exact) mass is 357 g/mol. The first-order chi connectivity index (χ1) is 12.6. The number of aromatic nitrogens is 1. The minimum atomic E-state index is -0.00268. The van der Waals surface area contributed by atoms with Gasteiger partial charge in [-0.2, -0.15) is 0 Å². The second-order valence-electron chi connectivity index (χ2n) is 6.82. The van der Waals surface area contributed by atoms with Crippen LogP contribution in [0.4, 0.5) is 0 Å². The van der Waals surface area contributed by atoms with Crippen molar-refractivity contribution in [3.8, 4) is 5.75 Å². The first-order valence-corrected chi connectivity index (χ1v) is 9.15. The molecule has 6 nitrogen and oxygen atoms in total. The van der Waals surface area contributed by atoms with Crippen molar-refractivity contribution in [2.45, 2.75) is 39.2 Å². The molecule has 1 saturated heterocycles. The number of rotatable bonds is 7. The van der Waals surface area contributed by atoms with E-state index in [4.69, 9.17) is 9.26 Å². The van der Waals surface area contributed by atoms with Gasteiger partial charge in [0, 0.05) is 12.1 Å². The van der Waals surface area contributed by atoms with Crippen molar-refractivity contribution < 1.29 is 14.1 Å². The number of nitrogens with one attached hydrogen (secondary N) is 1. The minimum Gasteiger partial charge on any atom is -0.497 e. The predicted octanol–water partition coefficient (Wildman–Crippen LogP) is 2.80. The number of aryl methyl sites for hydroxylation is 2. The van der Waals surface area contributed by atoms with Gasteiger partial charge in [-0.3, -0.25) is 9.69 Å². The second-order valence-corrected chi connectivity index (χ2v) is 6.82. The molecule has 0 bridgehead atoms. The number of hydrogen-bond acceptors (Lipinski definition) is 5. The van der Waals surface area contributed by atoms with E-state index in [-0.39, 0.29) is 11.9 Å². The zero-order chi connectivity index (χ0) is 18.5. The summed E-state index contributed by atoms with van der Waals surface area (Å²) in [7, 11) is 1.67. The zero-order valence-electron chi connectivity index (χ0n) is 15.7. The molecular weight excluding hydrogens is 330 g/mol. The summed E-state index contributed by atoms with van der Waals surface area (Å²) in [5, 5.41) is 7.01. The predicted molar refractivity (Wildman–Crippen MR) is 99.2 cm³/mol. The Labute approximate surface area is 154 Å². The fourth-order valence-corrected chi connectivity index (χ4v) is 3.52. The van der Waals surface area contributed by atoms with Gasteiger partial charge in [-0.1, -0.05) is 17.3 Å². The van der Waals surface area contributed by atoms with Gasteiger partial charge in [0.2, 0.25) is 5.91 Å². The Morgan fingerprint density at radius 1 is 1.27 bits per heavy atom. The van der Waals surface area contributed by atoms with Crippen molar-refractivity contribution in [3.63, 3.8) is 0 Å². The average molecular weight is 357 g/mol. The van der Waals surface area contributed by atoms with Gasteiger partial charge in [-0.05, 0) is 57.5 Å². The van der Waals surface area contributed by atoms with Gasteiger partial charge in [0.05, 0.1) is 25.3 Å². The number of carbonyl (C=O) groups is 1. The first-order valence-electron chi connectivity index (χ1n) is 9.15. The molecule has 1 aliphatic rings. The van der Waals surface area contributed by atoms with E-state index in [0.29, 0.717) is 18.7 Å². The number of methoxy groups -OCH3 is 1. The van der Waals surface area contributed by atoms with E-state index >= 15 is 0 Å². The molecule has 0 radical (unpaired) electrons. The molecule has 1 amide bonds. The van der Waals surface area contributed by atoms with Gasteiger partial charge in [0.1, 0.15) is 11.5 Å². The summed E-state index contributed by atoms with van der Waals surface area (Å²) < 4.78 is 10.4. The summed E-state index contributed by atoms with van der Waals surface area (Å²) in [6.45, 7) is 6.43. The lowest BCUT2D eigenvalue weighted by Gasteiger charge is -2.28. The number of benzene rings is 1. The maximum Gasteiger partial charge on any atom is 0.224 e. The van der Waals surface area contributed by atoms with Crippen LogP contribution < -0.4 is 10.1 Å². The smallest absolute Gasteiger partial charge is 0.224 e. The quantitative estimate of drug-likeness (QED) is 0.825. The van der Waals surface area contributed by atoms with E-state index in [1.54, 1.807) is 7.11 Å². The molecule has 1 unspecified atom stereocenters. The van der Waals surface area contributed by atoms with E-state index < -0.39 is 0 Å². The SMILES string of the molecule is COc1ccc(C(CNC(=O)Cc2c(C)noc2C)N2CCCC2)cc1. The highest BCUT2D eigenvalue weighted by Crippen LogP contribution is 2.26.